The van der Waals surface area contributed by atoms with Crippen LogP contribution in [0.3, 0.4) is 0 Å². The van der Waals surface area contributed by atoms with Gasteiger partial charge in [-0.15, -0.1) is 0 Å². The van der Waals surface area contributed by atoms with Gasteiger partial charge in [0, 0.05) is 12.0 Å². The highest BCUT2D eigenvalue weighted by atomic mass is 16.5. The lowest BCUT2D eigenvalue weighted by Gasteiger charge is -2.20. The second kappa shape index (κ2) is 5.13. The molecule has 0 saturated carbocycles. The van der Waals surface area contributed by atoms with E-state index in [1.807, 2.05) is 13.0 Å². The van der Waals surface area contributed by atoms with E-state index in [0.29, 0.717) is 17.8 Å². The summed E-state index contributed by atoms with van der Waals surface area (Å²) in [6.45, 7) is 5.72. The standard InChI is InChI=1S/C13H20BNO4/c1-8-4-5-9(18-7-13(2,3)16)12-11(8)10(6-15)19-14(12)17/h4-5,10,16-17H,6-7,15H2,1-3H3/t10-/m1/s1. The summed E-state index contributed by atoms with van der Waals surface area (Å²) in [6.07, 6.45) is -0.310. The minimum atomic E-state index is -1.03. The predicted molar refractivity (Wildman–Crippen MR) is 73.5 cm³/mol. The molecule has 19 heavy (non-hydrogen) atoms. The van der Waals surface area contributed by atoms with Crippen molar-refractivity contribution in [3.8, 4) is 5.75 Å². The van der Waals surface area contributed by atoms with Crippen molar-refractivity contribution in [1.29, 1.82) is 0 Å². The second-order valence-electron chi connectivity index (χ2n) is 5.52. The average Bonchev–Trinajstić information content (AvgIpc) is 2.66. The average molecular weight is 265 g/mol. The molecule has 0 amide bonds. The van der Waals surface area contributed by atoms with Crippen molar-refractivity contribution in [1.82, 2.24) is 0 Å². The van der Waals surface area contributed by atoms with Gasteiger partial charge >= 0.3 is 7.12 Å². The highest BCUT2D eigenvalue weighted by molar-refractivity contribution is 6.63. The van der Waals surface area contributed by atoms with Crippen LogP contribution >= 0.6 is 0 Å². The number of aryl methyl sites for hydroxylation is 1. The molecule has 2 rings (SSSR count). The topological polar surface area (TPSA) is 84.9 Å². The molecule has 0 bridgehead atoms. The zero-order valence-corrected chi connectivity index (χ0v) is 11.5. The Labute approximate surface area is 113 Å². The van der Waals surface area contributed by atoms with Gasteiger partial charge in [0.2, 0.25) is 0 Å². The number of hydrogen-bond donors (Lipinski definition) is 3. The summed E-state index contributed by atoms with van der Waals surface area (Å²) in [5.41, 5.74) is 7.25. The lowest BCUT2D eigenvalue weighted by Crippen LogP contribution is -2.34. The molecule has 1 atom stereocenters. The van der Waals surface area contributed by atoms with Gasteiger partial charge in [0.1, 0.15) is 12.4 Å². The summed E-state index contributed by atoms with van der Waals surface area (Å²) in [6, 6.07) is 3.69. The van der Waals surface area contributed by atoms with Gasteiger partial charge in [0.15, 0.2) is 0 Å². The Morgan fingerprint density at radius 2 is 2.16 bits per heavy atom. The molecule has 0 fully saturated rings. The maximum absolute atomic E-state index is 10.00. The number of hydrogen-bond acceptors (Lipinski definition) is 5. The Balaban J connectivity index is 2.35. The fraction of sp³-hybridized carbons (Fsp3) is 0.538. The van der Waals surface area contributed by atoms with Crippen LogP contribution in [0, 0.1) is 6.92 Å². The summed E-state index contributed by atoms with van der Waals surface area (Å²) in [5, 5.41) is 19.7. The Kier molecular flexibility index (Phi) is 3.87. The van der Waals surface area contributed by atoms with Crippen LogP contribution in [0.4, 0.5) is 0 Å². The van der Waals surface area contributed by atoms with E-state index in [2.05, 4.69) is 0 Å². The third kappa shape index (κ3) is 2.92. The van der Waals surface area contributed by atoms with Crippen molar-refractivity contribution in [3.63, 3.8) is 0 Å². The van der Waals surface area contributed by atoms with Crippen LogP contribution in [-0.2, 0) is 4.65 Å². The van der Waals surface area contributed by atoms with Gasteiger partial charge in [0.25, 0.3) is 0 Å². The number of nitrogens with two attached hydrogens (primary N) is 1. The molecule has 1 aliphatic rings. The first-order chi connectivity index (χ1) is 8.83. The van der Waals surface area contributed by atoms with Crippen molar-refractivity contribution in [2.24, 2.45) is 5.73 Å². The summed E-state index contributed by atoms with van der Waals surface area (Å²) in [4.78, 5) is 0. The summed E-state index contributed by atoms with van der Waals surface area (Å²) in [5.74, 6) is 0.533. The van der Waals surface area contributed by atoms with E-state index in [0.717, 1.165) is 11.1 Å². The van der Waals surface area contributed by atoms with E-state index in [1.165, 1.54) is 0 Å². The molecule has 0 radical (unpaired) electrons. The van der Waals surface area contributed by atoms with Crippen molar-refractivity contribution in [2.45, 2.75) is 32.5 Å². The molecule has 1 heterocycles. The highest BCUT2D eigenvalue weighted by Gasteiger charge is 2.38. The maximum Gasteiger partial charge on any atom is 0.495 e. The molecule has 5 nitrogen and oxygen atoms in total. The molecular weight excluding hydrogens is 245 g/mol. The molecule has 1 aromatic carbocycles. The predicted octanol–water partition coefficient (Wildman–Crippen LogP) is -0.138. The summed E-state index contributed by atoms with van der Waals surface area (Å²) < 4.78 is 11.0. The zero-order chi connectivity index (χ0) is 14.2. The SMILES string of the molecule is Cc1ccc(OCC(C)(C)O)c2c1[C@@H](CN)OB2O. The minimum Gasteiger partial charge on any atom is -0.491 e. The van der Waals surface area contributed by atoms with E-state index < -0.39 is 12.7 Å². The van der Waals surface area contributed by atoms with Crippen molar-refractivity contribution >= 4 is 12.6 Å². The van der Waals surface area contributed by atoms with E-state index in [1.54, 1.807) is 19.9 Å². The Hall–Kier alpha value is -1.08. The van der Waals surface area contributed by atoms with Gasteiger partial charge in [-0.25, -0.2) is 0 Å². The molecule has 6 heteroatoms. The van der Waals surface area contributed by atoms with Crippen molar-refractivity contribution < 1.29 is 19.5 Å². The Bertz CT molecular complexity index is 472. The van der Waals surface area contributed by atoms with Crippen LogP contribution < -0.4 is 15.9 Å². The molecule has 0 unspecified atom stereocenters. The number of benzene rings is 1. The van der Waals surface area contributed by atoms with Crippen LogP contribution in [-0.4, -0.2) is 36.0 Å². The fourth-order valence-electron chi connectivity index (χ4n) is 2.25. The molecule has 104 valence electrons. The molecule has 1 aliphatic heterocycles. The first-order valence-electron chi connectivity index (χ1n) is 6.35. The Morgan fingerprint density at radius 1 is 1.47 bits per heavy atom. The zero-order valence-electron chi connectivity index (χ0n) is 11.5. The highest BCUT2D eigenvalue weighted by Crippen LogP contribution is 2.30. The maximum atomic E-state index is 10.00. The molecule has 0 saturated heterocycles. The molecule has 0 aromatic heterocycles. The van der Waals surface area contributed by atoms with Crippen LogP contribution in [0.25, 0.3) is 0 Å². The normalized spacial score (nSPS) is 18.6. The Morgan fingerprint density at radius 3 is 2.74 bits per heavy atom. The monoisotopic (exact) mass is 265 g/mol. The van der Waals surface area contributed by atoms with E-state index >= 15 is 0 Å². The second-order valence-corrected chi connectivity index (χ2v) is 5.52. The van der Waals surface area contributed by atoms with Crippen LogP contribution in [0.2, 0.25) is 0 Å². The van der Waals surface area contributed by atoms with Gasteiger partial charge in [-0.3, -0.25) is 0 Å². The van der Waals surface area contributed by atoms with Crippen LogP contribution in [0.15, 0.2) is 12.1 Å². The van der Waals surface area contributed by atoms with Gasteiger partial charge in [0.05, 0.1) is 11.7 Å². The molecule has 0 spiro atoms. The smallest absolute Gasteiger partial charge is 0.491 e. The van der Waals surface area contributed by atoms with E-state index in [9.17, 15) is 10.1 Å². The van der Waals surface area contributed by atoms with Gasteiger partial charge in [-0.1, -0.05) is 6.07 Å². The summed E-state index contributed by atoms with van der Waals surface area (Å²) in [7, 11) is -1.03. The number of fused-ring (bicyclic) bond motifs is 1. The molecular formula is C13H20BNO4. The number of rotatable bonds is 4. The minimum absolute atomic E-state index is 0.141. The first-order valence-corrected chi connectivity index (χ1v) is 6.35. The number of aliphatic hydroxyl groups is 1. The van der Waals surface area contributed by atoms with Gasteiger partial charge in [-0.2, -0.15) is 0 Å². The van der Waals surface area contributed by atoms with Gasteiger partial charge < -0.3 is 25.3 Å². The van der Waals surface area contributed by atoms with Crippen molar-refractivity contribution in [2.75, 3.05) is 13.2 Å². The van der Waals surface area contributed by atoms with Crippen molar-refractivity contribution in [3.05, 3.63) is 23.3 Å². The lowest BCUT2D eigenvalue weighted by atomic mass is 9.77. The van der Waals surface area contributed by atoms with Crippen LogP contribution in [0.5, 0.6) is 5.75 Å². The first kappa shape index (κ1) is 14.3. The third-order valence-electron chi connectivity index (χ3n) is 3.12. The molecule has 1 aromatic rings. The quantitative estimate of drug-likeness (QED) is 0.660. The molecule has 4 N–H and O–H groups in total. The largest absolute Gasteiger partial charge is 0.495 e. The number of ether oxygens (including phenoxy) is 1. The molecule has 0 aliphatic carbocycles. The fourth-order valence-corrected chi connectivity index (χ4v) is 2.25. The van der Waals surface area contributed by atoms with E-state index in [-0.39, 0.29) is 12.7 Å². The summed E-state index contributed by atoms with van der Waals surface area (Å²) >= 11 is 0. The lowest BCUT2D eigenvalue weighted by molar-refractivity contribution is 0.0288. The van der Waals surface area contributed by atoms with Crippen LogP contribution in [0.1, 0.15) is 31.1 Å². The van der Waals surface area contributed by atoms with E-state index in [4.69, 9.17) is 15.1 Å². The van der Waals surface area contributed by atoms with Gasteiger partial charge in [-0.05, 0) is 38.0 Å². The third-order valence-corrected chi connectivity index (χ3v) is 3.12.